The molecule has 1 nitrogen and oxygen atoms in total. The van der Waals surface area contributed by atoms with Gasteiger partial charge < -0.3 is 0 Å². The van der Waals surface area contributed by atoms with E-state index in [1.807, 2.05) is 19.9 Å². The largest absolute Gasteiger partial charge is 0.299 e. The van der Waals surface area contributed by atoms with Crippen molar-refractivity contribution in [3.05, 3.63) is 11.6 Å². The van der Waals surface area contributed by atoms with Crippen LogP contribution in [-0.4, -0.2) is 6.29 Å². The molecule has 0 aromatic carbocycles. The highest BCUT2D eigenvalue weighted by Gasteiger charge is 2.35. The van der Waals surface area contributed by atoms with Crippen molar-refractivity contribution in [1.82, 2.24) is 0 Å². The molecule has 0 radical (unpaired) electrons. The zero-order valence-electron chi connectivity index (χ0n) is 17.0. The summed E-state index contributed by atoms with van der Waals surface area (Å²) in [6, 6.07) is 0. The average Bonchev–Trinajstić information content (AvgIpc) is 2.55. The van der Waals surface area contributed by atoms with Crippen LogP contribution in [0.3, 0.4) is 0 Å². The summed E-state index contributed by atoms with van der Waals surface area (Å²) in [4.78, 5) is 11.1. The lowest BCUT2D eigenvalue weighted by Gasteiger charge is -2.40. The number of rotatable bonds is 4. The summed E-state index contributed by atoms with van der Waals surface area (Å²) in [5.74, 6) is 2.38. The van der Waals surface area contributed by atoms with Crippen molar-refractivity contribution in [3.8, 4) is 0 Å². The van der Waals surface area contributed by atoms with E-state index in [4.69, 9.17) is 0 Å². The van der Waals surface area contributed by atoms with E-state index in [1.165, 1.54) is 50.5 Å². The zero-order chi connectivity index (χ0) is 17.9. The second kappa shape index (κ2) is 13.7. The molecule has 4 unspecified atom stereocenters. The van der Waals surface area contributed by atoms with Crippen LogP contribution in [0.2, 0.25) is 0 Å². The van der Waals surface area contributed by atoms with Gasteiger partial charge in [-0.15, -0.1) is 0 Å². The molecule has 0 amide bonds. The molecule has 1 fully saturated rings. The Kier molecular flexibility index (Phi) is 14.6. The molecule has 0 bridgehead atoms. The minimum atomic E-state index is 0. The summed E-state index contributed by atoms with van der Waals surface area (Å²) in [6.07, 6.45) is 12.9. The highest BCUT2D eigenvalue weighted by Crippen LogP contribution is 2.46. The van der Waals surface area contributed by atoms with Crippen LogP contribution >= 0.6 is 0 Å². The first kappa shape index (κ1) is 25.6. The number of hydrogen-bond donors (Lipinski definition) is 0. The van der Waals surface area contributed by atoms with Crippen LogP contribution in [0.25, 0.3) is 0 Å². The molecule has 1 aliphatic carbocycles. The van der Waals surface area contributed by atoms with Crippen molar-refractivity contribution in [3.63, 3.8) is 0 Å². The SMILES string of the molecule is C.CC.CCCC1(C)/C(=C\C=O)CCCC(C)C(CC)CCC1C. The fourth-order valence-corrected chi connectivity index (χ4v) is 4.41. The Labute approximate surface area is 153 Å². The van der Waals surface area contributed by atoms with E-state index in [0.717, 1.165) is 24.5 Å². The maximum atomic E-state index is 11.1. The molecule has 1 rings (SSSR count). The van der Waals surface area contributed by atoms with Crippen LogP contribution in [0, 0.1) is 23.2 Å². The third-order valence-corrected chi connectivity index (χ3v) is 6.26. The molecule has 0 N–H and O–H groups in total. The monoisotopic (exact) mass is 338 g/mol. The first-order chi connectivity index (χ1) is 11.0. The van der Waals surface area contributed by atoms with E-state index in [0.29, 0.717) is 5.92 Å². The highest BCUT2D eigenvalue weighted by molar-refractivity contribution is 5.66. The highest BCUT2D eigenvalue weighted by atomic mass is 16.1. The lowest BCUT2D eigenvalue weighted by Crippen LogP contribution is -2.30. The Morgan fingerprint density at radius 1 is 1.12 bits per heavy atom. The standard InChI is InChI=1S/C20H36O.C2H6.CH4/c1-6-14-20(5)17(4)11-12-18(7-2)16(3)9-8-10-19(20)13-15-21;1-2;/h13,15-18H,6-12,14H2,1-5H3;1-2H3;1H4/b19-13-;;. The number of allylic oxidation sites excluding steroid dienone is 2. The van der Waals surface area contributed by atoms with Crippen LogP contribution in [0.4, 0.5) is 0 Å². The first-order valence-corrected chi connectivity index (χ1v) is 10.1. The Balaban J connectivity index is 0. The predicted molar refractivity (Wildman–Crippen MR) is 110 cm³/mol. The molecule has 0 saturated heterocycles. The Bertz CT molecular complexity index is 344. The number of carbonyl (C=O) groups excluding carboxylic acids is 1. The fraction of sp³-hybridized carbons (Fsp3) is 0.870. The van der Waals surface area contributed by atoms with Crippen molar-refractivity contribution in [2.24, 2.45) is 23.2 Å². The molecule has 1 saturated carbocycles. The van der Waals surface area contributed by atoms with Gasteiger partial charge in [0, 0.05) is 0 Å². The molecule has 0 aliphatic heterocycles. The lowest BCUT2D eigenvalue weighted by atomic mass is 9.64. The van der Waals surface area contributed by atoms with E-state index in [1.54, 1.807) is 0 Å². The Hall–Kier alpha value is -0.590. The van der Waals surface area contributed by atoms with Gasteiger partial charge in [-0.05, 0) is 61.3 Å². The fourth-order valence-electron chi connectivity index (χ4n) is 4.41. The summed E-state index contributed by atoms with van der Waals surface area (Å²) in [6.45, 7) is 15.9. The maximum Gasteiger partial charge on any atom is 0.142 e. The summed E-state index contributed by atoms with van der Waals surface area (Å²) < 4.78 is 0. The second-order valence-electron chi connectivity index (χ2n) is 7.51. The van der Waals surface area contributed by atoms with Gasteiger partial charge in [-0.3, -0.25) is 4.79 Å². The molecule has 144 valence electrons. The average molecular weight is 339 g/mol. The second-order valence-corrected chi connectivity index (χ2v) is 7.51. The normalized spacial score (nSPS) is 33.0. The van der Waals surface area contributed by atoms with Crippen molar-refractivity contribution < 1.29 is 4.79 Å². The van der Waals surface area contributed by atoms with Crippen LogP contribution < -0.4 is 0 Å². The molecule has 0 aromatic rings. The summed E-state index contributed by atoms with van der Waals surface area (Å²) in [5, 5.41) is 0. The van der Waals surface area contributed by atoms with Crippen molar-refractivity contribution in [2.45, 2.75) is 107 Å². The van der Waals surface area contributed by atoms with Gasteiger partial charge in [0.15, 0.2) is 0 Å². The van der Waals surface area contributed by atoms with Crippen molar-refractivity contribution in [2.75, 3.05) is 0 Å². The predicted octanol–water partition coefficient (Wildman–Crippen LogP) is 7.84. The Morgan fingerprint density at radius 3 is 2.25 bits per heavy atom. The van der Waals surface area contributed by atoms with Gasteiger partial charge in [0.1, 0.15) is 6.29 Å². The van der Waals surface area contributed by atoms with Crippen LogP contribution in [0.1, 0.15) is 107 Å². The van der Waals surface area contributed by atoms with E-state index in [2.05, 4.69) is 34.6 Å². The molecule has 0 spiro atoms. The van der Waals surface area contributed by atoms with Gasteiger partial charge in [0.05, 0.1) is 0 Å². The molecule has 1 aliphatic rings. The van der Waals surface area contributed by atoms with Gasteiger partial charge in [0.25, 0.3) is 0 Å². The molecule has 4 atom stereocenters. The van der Waals surface area contributed by atoms with Gasteiger partial charge in [-0.1, -0.05) is 80.7 Å². The molecule has 0 heterocycles. The van der Waals surface area contributed by atoms with E-state index in [9.17, 15) is 4.79 Å². The summed E-state index contributed by atoms with van der Waals surface area (Å²) in [5.41, 5.74) is 1.63. The molecule has 1 heteroatoms. The van der Waals surface area contributed by atoms with E-state index < -0.39 is 0 Å². The summed E-state index contributed by atoms with van der Waals surface area (Å²) in [7, 11) is 0. The van der Waals surface area contributed by atoms with E-state index in [-0.39, 0.29) is 12.8 Å². The van der Waals surface area contributed by atoms with Gasteiger partial charge >= 0.3 is 0 Å². The van der Waals surface area contributed by atoms with Gasteiger partial charge in [-0.2, -0.15) is 0 Å². The van der Waals surface area contributed by atoms with Crippen molar-refractivity contribution >= 4 is 6.29 Å². The minimum Gasteiger partial charge on any atom is -0.299 e. The van der Waals surface area contributed by atoms with Crippen LogP contribution in [0.5, 0.6) is 0 Å². The lowest BCUT2D eigenvalue weighted by molar-refractivity contribution is -0.104. The number of carbonyl (C=O) groups is 1. The number of hydrogen-bond acceptors (Lipinski definition) is 1. The molecule has 0 aromatic heterocycles. The van der Waals surface area contributed by atoms with Crippen LogP contribution in [0.15, 0.2) is 11.6 Å². The van der Waals surface area contributed by atoms with Gasteiger partial charge in [-0.25, -0.2) is 0 Å². The first-order valence-electron chi connectivity index (χ1n) is 10.1. The van der Waals surface area contributed by atoms with Crippen LogP contribution in [-0.2, 0) is 4.79 Å². The third-order valence-electron chi connectivity index (χ3n) is 6.26. The third kappa shape index (κ3) is 7.11. The topological polar surface area (TPSA) is 17.1 Å². The minimum absolute atomic E-state index is 0. The smallest absolute Gasteiger partial charge is 0.142 e. The molecular formula is C23H46O. The Morgan fingerprint density at radius 2 is 1.75 bits per heavy atom. The number of aldehydes is 1. The quantitative estimate of drug-likeness (QED) is 0.377. The van der Waals surface area contributed by atoms with E-state index >= 15 is 0 Å². The molecule has 24 heavy (non-hydrogen) atoms. The zero-order valence-corrected chi connectivity index (χ0v) is 17.0. The maximum absolute atomic E-state index is 11.1. The summed E-state index contributed by atoms with van der Waals surface area (Å²) >= 11 is 0. The molecular weight excluding hydrogens is 292 g/mol. The van der Waals surface area contributed by atoms with Crippen molar-refractivity contribution in [1.29, 1.82) is 0 Å². The van der Waals surface area contributed by atoms with Gasteiger partial charge in [0.2, 0.25) is 0 Å².